The van der Waals surface area contributed by atoms with Gasteiger partial charge in [-0.25, -0.2) is 8.42 Å². The van der Waals surface area contributed by atoms with Crippen molar-refractivity contribution in [3.8, 4) is 5.75 Å². The number of nitrogens with one attached hydrogen (secondary N) is 2. The third-order valence-electron chi connectivity index (χ3n) is 5.98. The molecular weight excluding hydrogens is 474 g/mol. The van der Waals surface area contributed by atoms with E-state index in [0.29, 0.717) is 11.1 Å². The van der Waals surface area contributed by atoms with Gasteiger partial charge in [0.15, 0.2) is 9.84 Å². The maximum absolute atomic E-state index is 12.1. The first kappa shape index (κ1) is 26.5. The van der Waals surface area contributed by atoms with Crippen molar-refractivity contribution in [3.05, 3.63) is 53.6 Å². The normalized spacial score (nSPS) is 15.5. The number of sulfone groups is 1. The van der Waals surface area contributed by atoms with E-state index in [4.69, 9.17) is 5.11 Å². The van der Waals surface area contributed by atoms with E-state index in [1.165, 1.54) is 18.2 Å². The number of hydrogen-bond donors (Lipinski definition) is 5. The first-order valence-electron chi connectivity index (χ1n) is 11.3. The minimum absolute atomic E-state index is 0.0801. The number of carbonyl (C=O) groups is 2. The van der Waals surface area contributed by atoms with Gasteiger partial charge in [-0.15, -0.1) is 0 Å². The predicted molar refractivity (Wildman–Crippen MR) is 130 cm³/mol. The molecule has 1 amide bonds. The Labute approximate surface area is 204 Å². The Balaban J connectivity index is 1.47. The number of aromatic hydroxyl groups is 1. The summed E-state index contributed by atoms with van der Waals surface area (Å²) in [5.74, 6) is -1.61. The third-order valence-corrected chi connectivity index (χ3v) is 7.11. The summed E-state index contributed by atoms with van der Waals surface area (Å²) in [4.78, 5) is 24.6. The topological polar surface area (TPSA) is 156 Å². The van der Waals surface area contributed by atoms with Gasteiger partial charge in [-0.05, 0) is 54.8 Å². The molecule has 5 N–H and O–H groups in total. The van der Waals surface area contributed by atoms with Crippen LogP contribution >= 0.6 is 0 Å². The number of anilines is 1. The van der Waals surface area contributed by atoms with Gasteiger partial charge in [-0.1, -0.05) is 6.07 Å². The third kappa shape index (κ3) is 7.41. The van der Waals surface area contributed by atoms with Crippen LogP contribution in [0.4, 0.5) is 5.69 Å². The minimum atomic E-state index is -3.60. The number of carbonyl (C=O) groups excluding carboxylic acids is 1. The molecule has 0 saturated carbocycles. The van der Waals surface area contributed by atoms with Gasteiger partial charge in [0.25, 0.3) is 5.91 Å². The van der Waals surface area contributed by atoms with E-state index in [1.54, 1.807) is 12.1 Å². The Hall–Kier alpha value is -3.15. The van der Waals surface area contributed by atoms with Crippen LogP contribution in [-0.2, 0) is 14.6 Å². The summed E-state index contributed by atoms with van der Waals surface area (Å²) >= 11 is 0. The molecule has 1 aliphatic rings. The predicted octanol–water partition coefficient (Wildman–Crippen LogP) is 1.29. The van der Waals surface area contributed by atoms with Crippen LogP contribution in [0.1, 0.15) is 41.3 Å². The molecule has 190 valence electrons. The van der Waals surface area contributed by atoms with Gasteiger partial charge in [-0.2, -0.15) is 0 Å². The summed E-state index contributed by atoms with van der Waals surface area (Å²) in [7, 11) is -3.60. The van der Waals surface area contributed by atoms with Gasteiger partial charge in [0.05, 0.1) is 12.5 Å². The lowest BCUT2D eigenvalue weighted by atomic mass is 10.0. The van der Waals surface area contributed by atoms with E-state index in [1.807, 2.05) is 12.1 Å². The Morgan fingerprint density at radius 2 is 1.77 bits per heavy atom. The van der Waals surface area contributed by atoms with E-state index >= 15 is 0 Å². The second-order valence-corrected chi connectivity index (χ2v) is 10.6. The molecular formula is C24H31N3O7S. The van der Waals surface area contributed by atoms with Crippen LogP contribution < -0.4 is 15.5 Å². The van der Waals surface area contributed by atoms with Gasteiger partial charge in [0.2, 0.25) is 0 Å². The van der Waals surface area contributed by atoms with E-state index < -0.39 is 21.9 Å². The largest absolute Gasteiger partial charge is 0.507 e. The molecule has 10 nitrogen and oxygen atoms in total. The van der Waals surface area contributed by atoms with Crippen molar-refractivity contribution in [1.29, 1.82) is 0 Å². The fraction of sp³-hybridized carbons (Fsp3) is 0.417. The fourth-order valence-corrected chi connectivity index (χ4v) is 4.78. The summed E-state index contributed by atoms with van der Waals surface area (Å²) in [5.41, 5.74) is 1.88. The highest BCUT2D eigenvalue weighted by Crippen LogP contribution is 2.27. The lowest BCUT2D eigenvalue weighted by Crippen LogP contribution is -2.43. The quantitative estimate of drug-likeness (QED) is 0.321. The number of piperidine rings is 1. The Morgan fingerprint density at radius 1 is 1.11 bits per heavy atom. The van der Waals surface area contributed by atoms with Crippen LogP contribution in [0.15, 0.2) is 47.4 Å². The summed E-state index contributed by atoms with van der Waals surface area (Å²) < 4.78 is 23.6. The number of nitrogens with zero attached hydrogens (tertiary/aromatic N) is 1. The zero-order valence-corrected chi connectivity index (χ0v) is 20.3. The fourth-order valence-electron chi connectivity index (χ4n) is 3.98. The molecule has 0 spiro atoms. The molecule has 0 unspecified atom stereocenters. The summed E-state index contributed by atoms with van der Waals surface area (Å²) in [6.07, 6.45) is 1.65. The van der Waals surface area contributed by atoms with Crippen LogP contribution in [0.25, 0.3) is 0 Å². The molecule has 0 aliphatic carbocycles. The Kier molecular flexibility index (Phi) is 8.71. The van der Waals surface area contributed by atoms with Crippen molar-refractivity contribution in [2.24, 2.45) is 0 Å². The molecule has 0 aromatic heterocycles. The van der Waals surface area contributed by atoms with Crippen molar-refractivity contribution in [3.63, 3.8) is 0 Å². The SMILES string of the molecule is CS(=O)(=O)c1cc([C@@H](O)CNC2CCN(c3ccc(C(=O)NCCC(=O)O)cc3)CC2)ccc1O. The number of rotatable bonds is 10. The van der Waals surface area contributed by atoms with Crippen LogP contribution in [0, 0.1) is 0 Å². The van der Waals surface area contributed by atoms with Gasteiger partial charge < -0.3 is 30.9 Å². The summed E-state index contributed by atoms with van der Waals surface area (Å²) in [6, 6.07) is 11.4. The minimum Gasteiger partial charge on any atom is -0.507 e. The standard InChI is InChI=1S/C24H31N3O7S/c1-35(33,34)22-14-17(4-7-20(22)28)21(29)15-26-18-9-12-27(13-10-18)19-5-2-16(3-6-19)24(32)25-11-8-23(30)31/h2-7,14,18,21,26,28-29H,8-13,15H2,1H3,(H,25,32)(H,30,31)/t21-/m0/s1. The second-order valence-electron chi connectivity index (χ2n) is 8.63. The maximum Gasteiger partial charge on any atom is 0.305 e. The van der Waals surface area contributed by atoms with Crippen LogP contribution in [-0.4, -0.2) is 74.1 Å². The highest BCUT2D eigenvalue weighted by Gasteiger charge is 2.22. The average molecular weight is 506 g/mol. The zero-order valence-electron chi connectivity index (χ0n) is 19.5. The smallest absolute Gasteiger partial charge is 0.305 e. The highest BCUT2D eigenvalue weighted by atomic mass is 32.2. The molecule has 1 saturated heterocycles. The summed E-state index contributed by atoms with van der Waals surface area (Å²) in [6.45, 7) is 1.91. The molecule has 2 aromatic carbocycles. The lowest BCUT2D eigenvalue weighted by molar-refractivity contribution is -0.136. The Bertz CT molecular complexity index is 1140. The molecule has 11 heteroatoms. The zero-order chi connectivity index (χ0) is 25.6. The van der Waals surface area contributed by atoms with Gasteiger partial charge >= 0.3 is 5.97 Å². The first-order chi connectivity index (χ1) is 16.5. The van der Waals surface area contributed by atoms with Gasteiger partial charge in [0, 0.05) is 49.7 Å². The van der Waals surface area contributed by atoms with Crippen LogP contribution in [0.2, 0.25) is 0 Å². The molecule has 0 radical (unpaired) electrons. The van der Waals surface area contributed by atoms with Crippen LogP contribution in [0.5, 0.6) is 5.75 Å². The lowest BCUT2D eigenvalue weighted by Gasteiger charge is -2.34. The van der Waals surface area contributed by atoms with E-state index in [0.717, 1.165) is 37.9 Å². The number of amides is 1. The van der Waals surface area contributed by atoms with E-state index in [-0.39, 0.29) is 42.1 Å². The maximum atomic E-state index is 12.1. The van der Waals surface area contributed by atoms with Crippen LogP contribution in [0.3, 0.4) is 0 Å². The molecule has 2 aromatic rings. The van der Waals surface area contributed by atoms with Crippen molar-refractivity contribution in [2.75, 3.05) is 37.3 Å². The van der Waals surface area contributed by atoms with Crippen molar-refractivity contribution < 1.29 is 33.3 Å². The first-order valence-corrected chi connectivity index (χ1v) is 13.2. The second kappa shape index (κ2) is 11.5. The van der Waals surface area contributed by atoms with Crippen molar-refractivity contribution >= 4 is 27.4 Å². The van der Waals surface area contributed by atoms with Gasteiger partial charge in [0.1, 0.15) is 10.6 Å². The van der Waals surface area contributed by atoms with Gasteiger partial charge in [-0.3, -0.25) is 9.59 Å². The summed E-state index contributed by atoms with van der Waals surface area (Å²) in [5, 5.41) is 34.8. The molecule has 1 aliphatic heterocycles. The number of benzene rings is 2. The van der Waals surface area contributed by atoms with Crippen molar-refractivity contribution in [1.82, 2.24) is 10.6 Å². The van der Waals surface area contributed by atoms with E-state index in [2.05, 4.69) is 15.5 Å². The van der Waals surface area contributed by atoms with Crippen molar-refractivity contribution in [2.45, 2.75) is 36.3 Å². The molecule has 1 fully saturated rings. The highest BCUT2D eigenvalue weighted by molar-refractivity contribution is 7.90. The average Bonchev–Trinajstić information content (AvgIpc) is 2.82. The molecule has 1 heterocycles. The molecule has 0 bridgehead atoms. The molecule has 3 rings (SSSR count). The number of hydrogen-bond acceptors (Lipinski definition) is 8. The molecule has 35 heavy (non-hydrogen) atoms. The van der Waals surface area contributed by atoms with E-state index in [9.17, 15) is 28.2 Å². The monoisotopic (exact) mass is 505 g/mol. The Morgan fingerprint density at radius 3 is 2.37 bits per heavy atom. The number of aliphatic hydroxyl groups excluding tert-OH is 1. The number of aliphatic carboxylic acids is 1. The number of phenols is 1. The number of aliphatic hydroxyl groups is 1. The number of carboxylic acid groups (broad SMARTS) is 1. The number of carboxylic acids is 1. The molecule has 1 atom stereocenters. The number of phenolic OH excluding ortho intramolecular Hbond substituents is 1.